The van der Waals surface area contributed by atoms with E-state index in [4.69, 9.17) is 4.98 Å². The molecule has 2 fully saturated rings. The van der Waals surface area contributed by atoms with Crippen LogP contribution in [0.4, 0.5) is 10.8 Å². The zero-order valence-corrected chi connectivity index (χ0v) is 25.6. The molecule has 1 aromatic carbocycles. The lowest BCUT2D eigenvalue weighted by Gasteiger charge is -2.57. The van der Waals surface area contributed by atoms with Gasteiger partial charge in [0, 0.05) is 12.7 Å². The SMILES string of the molecule is CC(C)CCCC(C)C1CCC2C3CC=C4c5sc(N(C)c6ccccc6)nc5CCC4(C)C3CCC12C. The Morgan fingerprint density at radius 2 is 1.79 bits per heavy atom. The van der Waals surface area contributed by atoms with Crippen LogP contribution in [0.25, 0.3) is 5.57 Å². The average molecular weight is 531 g/mol. The summed E-state index contributed by atoms with van der Waals surface area (Å²) in [6.07, 6.45) is 16.5. The highest BCUT2D eigenvalue weighted by Gasteiger charge is 2.59. The van der Waals surface area contributed by atoms with Crippen LogP contribution in [0.1, 0.15) is 103 Å². The standard InChI is InChI=1S/C35H50N2S/c1-23(2)11-10-12-24(3)27-17-18-28-26-15-16-30-32-31(20-22-35(30,5)29(26)19-21-34(27,28)4)36-33(38-32)37(6)25-13-8-7-9-14-25/h7-9,13-14,16,23-24,26-29H,10-12,15,17-22H2,1-6H3. The molecule has 0 spiro atoms. The first-order chi connectivity index (χ1) is 18.2. The number of para-hydroxylation sites is 1. The Kier molecular flexibility index (Phi) is 7.07. The molecule has 0 amide bonds. The number of rotatable bonds is 7. The van der Waals surface area contributed by atoms with E-state index in [1.807, 2.05) is 11.3 Å². The van der Waals surface area contributed by atoms with E-state index in [1.165, 1.54) is 74.0 Å². The van der Waals surface area contributed by atoms with E-state index in [0.29, 0.717) is 10.8 Å². The van der Waals surface area contributed by atoms with E-state index >= 15 is 0 Å². The minimum Gasteiger partial charge on any atom is -0.321 e. The van der Waals surface area contributed by atoms with Gasteiger partial charge in [-0.1, -0.05) is 89.5 Å². The molecule has 38 heavy (non-hydrogen) atoms. The smallest absolute Gasteiger partial charge is 0.190 e. The Morgan fingerprint density at radius 3 is 2.55 bits per heavy atom. The molecule has 0 radical (unpaired) electrons. The van der Waals surface area contributed by atoms with E-state index in [-0.39, 0.29) is 0 Å². The lowest BCUT2D eigenvalue weighted by atomic mass is 9.47. The average Bonchev–Trinajstić information content (AvgIpc) is 3.49. The van der Waals surface area contributed by atoms with Crippen molar-refractivity contribution in [3.63, 3.8) is 0 Å². The second-order valence-corrected chi connectivity index (χ2v) is 15.3. The van der Waals surface area contributed by atoms with Gasteiger partial charge in [0.2, 0.25) is 0 Å². The number of hydrogen-bond donors (Lipinski definition) is 0. The lowest BCUT2D eigenvalue weighted by Crippen LogP contribution is -2.49. The highest BCUT2D eigenvalue weighted by atomic mass is 32.1. The van der Waals surface area contributed by atoms with Crippen molar-refractivity contribution < 1.29 is 0 Å². The van der Waals surface area contributed by atoms with Gasteiger partial charge >= 0.3 is 0 Å². The number of nitrogens with zero attached hydrogens (tertiary/aromatic N) is 2. The number of allylic oxidation sites excluding steroid dienone is 2. The van der Waals surface area contributed by atoms with E-state index in [0.717, 1.165) is 47.1 Å². The van der Waals surface area contributed by atoms with Gasteiger partial charge in [-0.25, -0.2) is 4.98 Å². The summed E-state index contributed by atoms with van der Waals surface area (Å²) >= 11 is 1.94. The summed E-state index contributed by atoms with van der Waals surface area (Å²) in [7, 11) is 2.17. The molecule has 206 valence electrons. The van der Waals surface area contributed by atoms with Crippen molar-refractivity contribution in [3.05, 3.63) is 47.0 Å². The van der Waals surface area contributed by atoms with Crippen LogP contribution in [0.15, 0.2) is 36.4 Å². The molecular formula is C35H50N2S. The number of aromatic nitrogens is 1. The fraction of sp³-hybridized carbons (Fsp3) is 0.686. The van der Waals surface area contributed by atoms with Crippen LogP contribution in [0.3, 0.4) is 0 Å². The molecule has 4 aliphatic carbocycles. The molecule has 7 unspecified atom stereocenters. The van der Waals surface area contributed by atoms with Crippen LogP contribution in [-0.4, -0.2) is 12.0 Å². The molecule has 0 N–H and O–H groups in total. The van der Waals surface area contributed by atoms with Crippen LogP contribution >= 0.6 is 11.3 Å². The molecule has 1 heterocycles. The summed E-state index contributed by atoms with van der Waals surface area (Å²) in [6, 6.07) is 10.7. The number of thiazole rings is 1. The molecular weight excluding hydrogens is 480 g/mol. The minimum absolute atomic E-state index is 0.327. The van der Waals surface area contributed by atoms with Gasteiger partial charge in [-0.05, 0) is 109 Å². The van der Waals surface area contributed by atoms with Gasteiger partial charge in [0.1, 0.15) is 0 Å². The van der Waals surface area contributed by atoms with Gasteiger partial charge in [-0.15, -0.1) is 0 Å². The zero-order chi connectivity index (χ0) is 26.7. The van der Waals surface area contributed by atoms with Crippen LogP contribution in [0.5, 0.6) is 0 Å². The van der Waals surface area contributed by atoms with Gasteiger partial charge in [-0.2, -0.15) is 0 Å². The molecule has 0 saturated heterocycles. The van der Waals surface area contributed by atoms with Gasteiger partial charge in [0.05, 0.1) is 10.6 Å². The molecule has 6 rings (SSSR count). The van der Waals surface area contributed by atoms with Gasteiger partial charge < -0.3 is 4.90 Å². The monoisotopic (exact) mass is 530 g/mol. The Balaban J connectivity index is 1.23. The number of fused-ring (bicyclic) bond motifs is 7. The second-order valence-electron chi connectivity index (χ2n) is 14.3. The summed E-state index contributed by atoms with van der Waals surface area (Å²) in [5.74, 6) is 5.33. The van der Waals surface area contributed by atoms with Crippen molar-refractivity contribution >= 4 is 27.7 Å². The topological polar surface area (TPSA) is 16.1 Å². The molecule has 3 heteroatoms. The zero-order valence-electron chi connectivity index (χ0n) is 24.8. The summed E-state index contributed by atoms with van der Waals surface area (Å²) in [4.78, 5) is 8.97. The van der Waals surface area contributed by atoms with Crippen molar-refractivity contribution in [3.8, 4) is 0 Å². The minimum atomic E-state index is 0.327. The molecule has 2 nitrogen and oxygen atoms in total. The number of anilines is 2. The van der Waals surface area contributed by atoms with Gasteiger partial charge in [0.25, 0.3) is 0 Å². The molecule has 1 aromatic heterocycles. The Labute approximate surface area is 236 Å². The van der Waals surface area contributed by atoms with E-state index in [9.17, 15) is 0 Å². The second kappa shape index (κ2) is 10.1. The number of aryl methyl sites for hydroxylation is 1. The quantitative estimate of drug-likeness (QED) is 0.354. The predicted molar refractivity (Wildman–Crippen MR) is 164 cm³/mol. The van der Waals surface area contributed by atoms with Crippen molar-refractivity contribution in [2.24, 2.45) is 46.3 Å². The first-order valence-corrected chi connectivity index (χ1v) is 16.5. The van der Waals surface area contributed by atoms with Crippen molar-refractivity contribution in [2.75, 3.05) is 11.9 Å². The van der Waals surface area contributed by atoms with Gasteiger partial charge in [-0.3, -0.25) is 0 Å². The first-order valence-electron chi connectivity index (χ1n) is 15.7. The van der Waals surface area contributed by atoms with Crippen LogP contribution < -0.4 is 4.90 Å². The maximum absolute atomic E-state index is 5.19. The molecule has 0 aliphatic heterocycles. The highest BCUT2D eigenvalue weighted by Crippen LogP contribution is 2.68. The largest absolute Gasteiger partial charge is 0.321 e. The fourth-order valence-corrected chi connectivity index (χ4v) is 11.1. The predicted octanol–water partition coefficient (Wildman–Crippen LogP) is 10.2. The maximum atomic E-state index is 5.19. The maximum Gasteiger partial charge on any atom is 0.190 e. The third-order valence-electron chi connectivity index (χ3n) is 11.9. The van der Waals surface area contributed by atoms with E-state index in [2.05, 4.69) is 83.0 Å². The third kappa shape index (κ3) is 4.30. The molecule has 7 atom stereocenters. The fourth-order valence-electron chi connectivity index (χ4n) is 9.79. The summed E-state index contributed by atoms with van der Waals surface area (Å²) in [5.41, 5.74) is 5.13. The molecule has 0 bridgehead atoms. The Morgan fingerprint density at radius 1 is 1.00 bits per heavy atom. The number of hydrogen-bond acceptors (Lipinski definition) is 3. The van der Waals surface area contributed by atoms with Gasteiger partial charge in [0.15, 0.2) is 5.13 Å². The van der Waals surface area contributed by atoms with Crippen molar-refractivity contribution in [1.82, 2.24) is 4.98 Å². The Bertz CT molecular complexity index is 1160. The number of benzene rings is 1. The summed E-state index contributed by atoms with van der Waals surface area (Å²) in [5, 5.41) is 1.15. The third-order valence-corrected chi connectivity index (χ3v) is 13.1. The Hall–Kier alpha value is -1.61. The van der Waals surface area contributed by atoms with Crippen molar-refractivity contribution in [2.45, 2.75) is 98.8 Å². The highest BCUT2D eigenvalue weighted by molar-refractivity contribution is 7.16. The van der Waals surface area contributed by atoms with Crippen LogP contribution in [0, 0.1) is 46.3 Å². The van der Waals surface area contributed by atoms with E-state index < -0.39 is 0 Å². The van der Waals surface area contributed by atoms with E-state index in [1.54, 1.807) is 5.57 Å². The lowest BCUT2D eigenvalue weighted by molar-refractivity contribution is -0.0392. The van der Waals surface area contributed by atoms with Crippen LogP contribution in [0.2, 0.25) is 0 Å². The molecule has 2 aromatic rings. The summed E-state index contributed by atoms with van der Waals surface area (Å²) in [6.45, 7) is 12.7. The molecule has 2 saturated carbocycles. The van der Waals surface area contributed by atoms with Crippen molar-refractivity contribution in [1.29, 1.82) is 0 Å². The van der Waals surface area contributed by atoms with Crippen LogP contribution in [-0.2, 0) is 6.42 Å². The first kappa shape index (κ1) is 26.6. The normalized spacial score (nSPS) is 34.7. The molecule has 4 aliphatic rings. The summed E-state index contributed by atoms with van der Waals surface area (Å²) < 4.78 is 0.